The predicted molar refractivity (Wildman–Crippen MR) is 124 cm³/mol. The number of aliphatic hydroxyl groups is 1. The predicted octanol–water partition coefficient (Wildman–Crippen LogP) is 5.45. The van der Waals surface area contributed by atoms with Gasteiger partial charge in [-0.25, -0.2) is 9.79 Å². The van der Waals surface area contributed by atoms with Gasteiger partial charge in [0, 0.05) is 0 Å². The topological polar surface area (TPSA) is 77.4 Å². The van der Waals surface area contributed by atoms with Crippen molar-refractivity contribution in [3.8, 4) is 11.5 Å². The number of hydrogen-bond donors (Lipinski definition) is 1. The zero-order valence-corrected chi connectivity index (χ0v) is 18.1. The van der Waals surface area contributed by atoms with Gasteiger partial charge in [-0.3, -0.25) is 0 Å². The molecule has 1 N–H and O–H groups in total. The summed E-state index contributed by atoms with van der Waals surface area (Å²) in [7, 11) is 1.55. The van der Waals surface area contributed by atoms with Gasteiger partial charge in [-0.1, -0.05) is 48.7 Å². The fraction of sp³-hybridized carbons (Fsp3) is 0.167. The summed E-state index contributed by atoms with van der Waals surface area (Å²) >= 11 is 1.20. The van der Waals surface area contributed by atoms with Crippen LogP contribution in [0.1, 0.15) is 12.5 Å². The smallest absolute Gasteiger partial charge is 0.344 e. The van der Waals surface area contributed by atoms with Crippen LogP contribution >= 0.6 is 11.8 Å². The molecule has 0 unspecified atom stereocenters. The van der Waals surface area contributed by atoms with Crippen molar-refractivity contribution in [2.45, 2.75) is 6.92 Å². The molecule has 0 aliphatic carbocycles. The van der Waals surface area contributed by atoms with E-state index < -0.39 is 5.97 Å². The number of thioether (sulfide) groups is 1. The Hall–Kier alpha value is -3.45. The second-order valence-electron chi connectivity index (χ2n) is 6.32. The zero-order valence-electron chi connectivity index (χ0n) is 17.3. The van der Waals surface area contributed by atoms with Crippen LogP contribution in [0.2, 0.25) is 0 Å². The van der Waals surface area contributed by atoms with Crippen LogP contribution in [-0.2, 0) is 9.53 Å². The third kappa shape index (κ3) is 5.38. The number of carbonyl (C=O) groups excluding carboxylic acids is 1. The maximum Gasteiger partial charge on any atom is 0.344 e. The Morgan fingerprint density at radius 3 is 2.65 bits per heavy atom. The van der Waals surface area contributed by atoms with E-state index in [1.54, 1.807) is 38.3 Å². The van der Waals surface area contributed by atoms with Crippen LogP contribution in [0.25, 0.3) is 6.08 Å². The van der Waals surface area contributed by atoms with Crippen LogP contribution < -0.4 is 9.47 Å². The highest BCUT2D eigenvalue weighted by Crippen LogP contribution is 2.41. The third-order valence-corrected chi connectivity index (χ3v) is 5.22. The average molecular weight is 438 g/mol. The van der Waals surface area contributed by atoms with Gasteiger partial charge in [0.1, 0.15) is 23.0 Å². The first-order valence-corrected chi connectivity index (χ1v) is 10.4. The Morgan fingerprint density at radius 1 is 1.19 bits per heavy atom. The van der Waals surface area contributed by atoms with Crippen LogP contribution in [0, 0.1) is 0 Å². The fourth-order valence-electron chi connectivity index (χ4n) is 2.80. The lowest BCUT2D eigenvalue weighted by molar-refractivity contribution is -0.138. The van der Waals surface area contributed by atoms with Gasteiger partial charge in [-0.2, -0.15) is 0 Å². The molecule has 0 saturated carbocycles. The molecule has 0 radical (unpaired) electrons. The lowest BCUT2D eigenvalue weighted by atomic mass is 10.1. The van der Waals surface area contributed by atoms with Crippen molar-refractivity contribution >= 4 is 34.5 Å². The van der Waals surface area contributed by atoms with E-state index >= 15 is 0 Å². The summed E-state index contributed by atoms with van der Waals surface area (Å²) in [5.74, 6) is 0.355. The summed E-state index contributed by atoms with van der Waals surface area (Å²) in [6, 6.07) is 14.6. The van der Waals surface area contributed by atoms with E-state index in [9.17, 15) is 9.90 Å². The maximum atomic E-state index is 12.5. The van der Waals surface area contributed by atoms with Crippen LogP contribution in [0.3, 0.4) is 0 Å². The normalized spacial score (nSPS) is 15.9. The molecule has 2 aromatic carbocycles. The Kier molecular flexibility index (Phi) is 7.56. The van der Waals surface area contributed by atoms with Gasteiger partial charge in [0.05, 0.1) is 24.3 Å². The van der Waals surface area contributed by atoms with E-state index in [4.69, 9.17) is 14.2 Å². The first-order valence-electron chi connectivity index (χ1n) is 9.63. The molecule has 0 amide bonds. The summed E-state index contributed by atoms with van der Waals surface area (Å²) in [5.41, 5.74) is 1.49. The Bertz CT molecular complexity index is 1060. The molecule has 0 fully saturated rings. The number of aliphatic hydroxyl groups excluding tert-OH is 1. The van der Waals surface area contributed by atoms with E-state index in [-0.39, 0.29) is 17.9 Å². The van der Waals surface area contributed by atoms with Crippen molar-refractivity contribution in [1.29, 1.82) is 0 Å². The quantitative estimate of drug-likeness (QED) is 0.437. The van der Waals surface area contributed by atoms with Gasteiger partial charge in [0.15, 0.2) is 11.5 Å². The second-order valence-corrected chi connectivity index (χ2v) is 7.35. The minimum Gasteiger partial charge on any atom is -0.506 e. The number of benzene rings is 2. The summed E-state index contributed by atoms with van der Waals surface area (Å²) in [4.78, 5) is 17.5. The van der Waals surface area contributed by atoms with Crippen molar-refractivity contribution < 1.29 is 24.1 Å². The Balaban J connectivity index is 1.99. The van der Waals surface area contributed by atoms with Gasteiger partial charge in [-0.15, -0.1) is 0 Å². The van der Waals surface area contributed by atoms with E-state index in [0.717, 1.165) is 5.56 Å². The summed E-state index contributed by atoms with van der Waals surface area (Å²) in [6.45, 7) is 5.91. The highest BCUT2D eigenvalue weighted by molar-refractivity contribution is 8.18. The number of ether oxygens (including phenoxy) is 3. The molecule has 2 aromatic rings. The molecule has 160 valence electrons. The lowest BCUT2D eigenvalue weighted by Crippen LogP contribution is -2.12. The standard InChI is InChI=1S/C24H23NO5S/c1-4-13-30-18-12-11-16(14-19(18)28-3)15-20-22(26)21(24(27)29-5-2)23(31-20)25-17-9-7-6-8-10-17/h4,6-12,14-15,26H,1,5,13H2,2-3H3/b20-15-,25-23?. The van der Waals surface area contributed by atoms with Gasteiger partial charge < -0.3 is 19.3 Å². The average Bonchev–Trinajstić information content (AvgIpc) is 3.08. The molecule has 7 heteroatoms. The first kappa shape index (κ1) is 22.2. The molecule has 1 aliphatic rings. The molecule has 0 bridgehead atoms. The number of para-hydroxylation sites is 1. The number of hydrogen-bond acceptors (Lipinski definition) is 7. The van der Waals surface area contributed by atoms with E-state index in [1.165, 1.54) is 11.8 Å². The Morgan fingerprint density at radius 2 is 1.97 bits per heavy atom. The molecule has 3 rings (SSSR count). The van der Waals surface area contributed by atoms with E-state index in [2.05, 4.69) is 11.6 Å². The van der Waals surface area contributed by atoms with Crippen molar-refractivity contribution in [1.82, 2.24) is 0 Å². The summed E-state index contributed by atoms with van der Waals surface area (Å²) in [6.07, 6.45) is 3.41. The lowest BCUT2D eigenvalue weighted by Gasteiger charge is -2.10. The Labute approximate surface area is 185 Å². The van der Waals surface area contributed by atoms with Crippen molar-refractivity contribution in [3.05, 3.63) is 83.0 Å². The molecule has 0 aromatic heterocycles. The van der Waals surface area contributed by atoms with Gasteiger partial charge in [0.25, 0.3) is 0 Å². The second kappa shape index (κ2) is 10.5. The molecule has 1 heterocycles. The van der Waals surface area contributed by atoms with Gasteiger partial charge >= 0.3 is 5.97 Å². The number of nitrogens with zero attached hydrogens (tertiary/aromatic N) is 1. The number of methoxy groups -OCH3 is 1. The van der Waals surface area contributed by atoms with Crippen LogP contribution in [-0.4, -0.2) is 36.4 Å². The number of esters is 1. The van der Waals surface area contributed by atoms with Crippen molar-refractivity contribution in [3.63, 3.8) is 0 Å². The maximum absolute atomic E-state index is 12.5. The largest absolute Gasteiger partial charge is 0.506 e. The number of rotatable bonds is 8. The minimum atomic E-state index is -0.615. The zero-order chi connectivity index (χ0) is 22.2. The number of aliphatic imine (C=N–C) groups is 1. The summed E-state index contributed by atoms with van der Waals surface area (Å²) < 4.78 is 16.1. The minimum absolute atomic E-state index is 0.0554. The SMILES string of the molecule is C=CCOc1ccc(/C=C2\SC(=Nc3ccccc3)C(C(=O)OCC)=C2O)cc1OC. The molecular formula is C24H23NO5S. The molecule has 6 nitrogen and oxygen atoms in total. The fourth-order valence-corrected chi connectivity index (χ4v) is 3.84. The molecule has 1 aliphatic heterocycles. The molecule has 0 saturated heterocycles. The molecular weight excluding hydrogens is 414 g/mol. The van der Waals surface area contributed by atoms with Crippen LogP contribution in [0.4, 0.5) is 5.69 Å². The van der Waals surface area contributed by atoms with Gasteiger partial charge in [-0.05, 0) is 42.8 Å². The monoisotopic (exact) mass is 437 g/mol. The van der Waals surface area contributed by atoms with Crippen molar-refractivity contribution in [2.24, 2.45) is 4.99 Å². The van der Waals surface area contributed by atoms with E-state index in [1.807, 2.05) is 36.4 Å². The van der Waals surface area contributed by atoms with Crippen LogP contribution in [0.15, 0.2) is 82.4 Å². The summed E-state index contributed by atoms with van der Waals surface area (Å²) in [5, 5.41) is 11.2. The molecule has 31 heavy (non-hydrogen) atoms. The third-order valence-electron chi connectivity index (χ3n) is 4.20. The van der Waals surface area contributed by atoms with Gasteiger partial charge in [0.2, 0.25) is 0 Å². The highest BCUT2D eigenvalue weighted by atomic mass is 32.2. The molecule has 0 spiro atoms. The highest BCUT2D eigenvalue weighted by Gasteiger charge is 2.33. The van der Waals surface area contributed by atoms with Crippen LogP contribution in [0.5, 0.6) is 11.5 Å². The van der Waals surface area contributed by atoms with E-state index in [0.29, 0.717) is 33.7 Å². The number of carbonyl (C=O) groups is 1. The molecule has 0 atom stereocenters. The van der Waals surface area contributed by atoms with Crippen molar-refractivity contribution in [2.75, 3.05) is 20.3 Å². The first-order chi connectivity index (χ1) is 15.1.